The number of hydrogen-bond acceptors (Lipinski definition) is 4. The van der Waals surface area contributed by atoms with E-state index in [-0.39, 0.29) is 23.3 Å². The number of amides is 2. The summed E-state index contributed by atoms with van der Waals surface area (Å²) in [5.41, 5.74) is 2.39. The summed E-state index contributed by atoms with van der Waals surface area (Å²) >= 11 is 7.38. The summed E-state index contributed by atoms with van der Waals surface area (Å²) in [5, 5.41) is 6.11. The van der Waals surface area contributed by atoms with Crippen LogP contribution < -0.4 is 15.4 Å². The second kappa shape index (κ2) is 10.7. The van der Waals surface area contributed by atoms with E-state index in [1.54, 1.807) is 30.3 Å². The third-order valence-corrected chi connectivity index (χ3v) is 5.26. The maximum absolute atomic E-state index is 12.3. The van der Waals surface area contributed by atoms with Gasteiger partial charge < -0.3 is 15.4 Å². The first-order valence-corrected chi connectivity index (χ1v) is 10.8. The predicted octanol–water partition coefficient (Wildman–Crippen LogP) is 5.75. The summed E-state index contributed by atoms with van der Waals surface area (Å²) in [6.45, 7) is 1.98. The van der Waals surface area contributed by atoms with Crippen molar-refractivity contribution in [1.29, 1.82) is 0 Å². The highest BCUT2D eigenvalue weighted by molar-refractivity contribution is 8.00. The molecule has 2 N–H and O–H groups in total. The van der Waals surface area contributed by atoms with Crippen LogP contribution in [0.25, 0.3) is 0 Å². The van der Waals surface area contributed by atoms with Gasteiger partial charge in [0, 0.05) is 5.69 Å². The molecule has 3 aromatic carbocycles. The van der Waals surface area contributed by atoms with E-state index in [9.17, 15) is 9.59 Å². The number of thioether (sulfide) groups is 1. The molecule has 0 radical (unpaired) electrons. The largest absolute Gasteiger partial charge is 0.454 e. The molecule has 3 aromatic rings. The maximum atomic E-state index is 12.3. The van der Waals surface area contributed by atoms with Crippen LogP contribution in [0.1, 0.15) is 5.56 Å². The van der Waals surface area contributed by atoms with Crippen molar-refractivity contribution in [2.24, 2.45) is 0 Å². The summed E-state index contributed by atoms with van der Waals surface area (Å²) < 4.78 is 5.84. The Bertz CT molecular complexity index is 1020. The van der Waals surface area contributed by atoms with Gasteiger partial charge in [0.05, 0.1) is 22.2 Å². The molecule has 0 aliphatic carbocycles. The fourth-order valence-electron chi connectivity index (χ4n) is 2.56. The van der Waals surface area contributed by atoms with Gasteiger partial charge in [-0.25, -0.2) is 0 Å². The van der Waals surface area contributed by atoms with E-state index >= 15 is 0 Å². The number of benzene rings is 3. The van der Waals surface area contributed by atoms with Gasteiger partial charge in [-0.3, -0.25) is 9.59 Å². The van der Waals surface area contributed by atoms with Crippen LogP contribution in [0.15, 0.2) is 72.8 Å². The Morgan fingerprint density at radius 1 is 0.833 bits per heavy atom. The number of para-hydroxylation sites is 3. The Labute approximate surface area is 184 Å². The molecule has 0 fully saturated rings. The summed E-state index contributed by atoms with van der Waals surface area (Å²) in [4.78, 5) is 24.3. The van der Waals surface area contributed by atoms with Gasteiger partial charge in [-0.1, -0.05) is 53.6 Å². The molecule has 30 heavy (non-hydrogen) atoms. The Hall–Kier alpha value is -2.96. The van der Waals surface area contributed by atoms with Crippen LogP contribution in [-0.2, 0) is 9.59 Å². The maximum Gasteiger partial charge on any atom is 0.234 e. The molecule has 5 nitrogen and oxygen atoms in total. The lowest BCUT2D eigenvalue weighted by atomic mass is 10.2. The third kappa shape index (κ3) is 6.54. The minimum absolute atomic E-state index is 0.141. The van der Waals surface area contributed by atoms with E-state index in [4.69, 9.17) is 16.3 Å². The van der Waals surface area contributed by atoms with Gasteiger partial charge in [-0.05, 0) is 43.3 Å². The van der Waals surface area contributed by atoms with Gasteiger partial charge >= 0.3 is 0 Å². The monoisotopic (exact) mass is 440 g/mol. The fourth-order valence-corrected chi connectivity index (χ4v) is 3.35. The topological polar surface area (TPSA) is 67.4 Å². The van der Waals surface area contributed by atoms with Crippen LogP contribution >= 0.6 is 23.4 Å². The number of ether oxygens (including phenoxy) is 1. The SMILES string of the molecule is Cc1ccc(NC(=O)CSCC(=O)Nc2ccccc2Oc2ccccc2Cl)cc1. The molecule has 0 spiro atoms. The highest BCUT2D eigenvalue weighted by Gasteiger charge is 2.11. The molecule has 154 valence electrons. The molecular formula is C23H21ClN2O3S. The Balaban J connectivity index is 1.50. The molecule has 0 saturated carbocycles. The number of aryl methyl sites for hydroxylation is 1. The van der Waals surface area contributed by atoms with Crippen molar-refractivity contribution in [1.82, 2.24) is 0 Å². The minimum Gasteiger partial charge on any atom is -0.454 e. The molecule has 0 heterocycles. The van der Waals surface area contributed by atoms with E-state index in [2.05, 4.69) is 10.6 Å². The van der Waals surface area contributed by atoms with Gasteiger partial charge in [0.25, 0.3) is 0 Å². The molecular weight excluding hydrogens is 420 g/mol. The predicted molar refractivity (Wildman–Crippen MR) is 124 cm³/mol. The normalized spacial score (nSPS) is 10.3. The Morgan fingerprint density at radius 3 is 2.13 bits per heavy atom. The number of anilines is 2. The third-order valence-electron chi connectivity index (χ3n) is 4.02. The van der Waals surface area contributed by atoms with Crippen molar-refractivity contribution in [2.75, 3.05) is 22.1 Å². The molecule has 0 aromatic heterocycles. The van der Waals surface area contributed by atoms with Crippen molar-refractivity contribution in [3.05, 3.63) is 83.4 Å². The van der Waals surface area contributed by atoms with Gasteiger partial charge in [0.1, 0.15) is 5.75 Å². The lowest BCUT2D eigenvalue weighted by molar-refractivity contribution is -0.114. The van der Waals surface area contributed by atoms with Crippen LogP contribution in [-0.4, -0.2) is 23.3 Å². The van der Waals surface area contributed by atoms with Gasteiger partial charge in [-0.2, -0.15) is 0 Å². The number of carbonyl (C=O) groups excluding carboxylic acids is 2. The molecule has 2 amide bonds. The van der Waals surface area contributed by atoms with E-state index in [1.807, 2.05) is 49.4 Å². The molecule has 0 atom stereocenters. The van der Waals surface area contributed by atoms with Gasteiger partial charge in [0.15, 0.2) is 5.75 Å². The highest BCUT2D eigenvalue weighted by Crippen LogP contribution is 2.33. The minimum atomic E-state index is -0.224. The van der Waals surface area contributed by atoms with Crippen LogP contribution in [0.2, 0.25) is 5.02 Å². The summed E-state index contributed by atoms with van der Waals surface area (Å²) in [5.74, 6) is 0.933. The second-order valence-corrected chi connectivity index (χ2v) is 7.88. The Kier molecular flexibility index (Phi) is 7.76. The van der Waals surface area contributed by atoms with Crippen LogP contribution in [0.3, 0.4) is 0 Å². The molecule has 0 bridgehead atoms. The highest BCUT2D eigenvalue weighted by atomic mass is 35.5. The molecule has 3 rings (SSSR count). The van der Waals surface area contributed by atoms with E-state index in [1.165, 1.54) is 11.8 Å². The molecule has 0 saturated heterocycles. The smallest absolute Gasteiger partial charge is 0.234 e. The zero-order valence-electron chi connectivity index (χ0n) is 16.4. The summed E-state index contributed by atoms with van der Waals surface area (Å²) in [6.07, 6.45) is 0. The molecule has 0 aliphatic rings. The standard InChI is InChI=1S/C23H21ClN2O3S/c1-16-10-12-17(13-11-16)25-22(27)14-30-15-23(28)26-19-7-3-5-9-21(19)29-20-8-4-2-6-18(20)24/h2-13H,14-15H2,1H3,(H,25,27)(H,26,28). The quantitative estimate of drug-likeness (QED) is 0.468. The zero-order chi connectivity index (χ0) is 21.3. The molecule has 7 heteroatoms. The van der Waals surface area contributed by atoms with Crippen LogP contribution in [0.5, 0.6) is 11.5 Å². The summed E-state index contributed by atoms with van der Waals surface area (Å²) in [7, 11) is 0. The number of nitrogens with one attached hydrogen (secondary N) is 2. The Morgan fingerprint density at radius 2 is 1.43 bits per heavy atom. The van der Waals surface area contributed by atoms with Crippen molar-refractivity contribution < 1.29 is 14.3 Å². The van der Waals surface area contributed by atoms with E-state index in [0.29, 0.717) is 22.2 Å². The average molecular weight is 441 g/mol. The van der Waals surface area contributed by atoms with Gasteiger partial charge in [0.2, 0.25) is 11.8 Å². The number of halogens is 1. The number of rotatable bonds is 8. The van der Waals surface area contributed by atoms with Crippen molar-refractivity contribution in [2.45, 2.75) is 6.92 Å². The molecule has 0 aliphatic heterocycles. The second-order valence-electron chi connectivity index (χ2n) is 6.48. The fraction of sp³-hybridized carbons (Fsp3) is 0.130. The van der Waals surface area contributed by atoms with E-state index < -0.39 is 0 Å². The first-order valence-electron chi connectivity index (χ1n) is 9.27. The summed E-state index contributed by atoms with van der Waals surface area (Å²) in [6, 6.07) is 21.8. The lowest BCUT2D eigenvalue weighted by Gasteiger charge is -2.13. The molecule has 0 unspecified atom stereocenters. The van der Waals surface area contributed by atoms with Gasteiger partial charge in [-0.15, -0.1) is 11.8 Å². The van der Waals surface area contributed by atoms with Crippen LogP contribution in [0, 0.1) is 6.92 Å². The van der Waals surface area contributed by atoms with E-state index in [0.717, 1.165) is 11.3 Å². The van der Waals surface area contributed by atoms with Crippen molar-refractivity contribution >= 4 is 46.6 Å². The first kappa shape index (κ1) is 21.7. The number of hydrogen-bond donors (Lipinski definition) is 2. The average Bonchev–Trinajstić information content (AvgIpc) is 2.73. The lowest BCUT2D eigenvalue weighted by Crippen LogP contribution is -2.18. The van der Waals surface area contributed by atoms with Crippen molar-refractivity contribution in [3.63, 3.8) is 0 Å². The van der Waals surface area contributed by atoms with Crippen molar-refractivity contribution in [3.8, 4) is 11.5 Å². The first-order chi connectivity index (χ1) is 14.5. The zero-order valence-corrected chi connectivity index (χ0v) is 17.9. The number of carbonyl (C=O) groups is 2. The van der Waals surface area contributed by atoms with Crippen LogP contribution in [0.4, 0.5) is 11.4 Å².